The summed E-state index contributed by atoms with van der Waals surface area (Å²) in [6.45, 7) is 2.29. The van der Waals surface area contributed by atoms with Crippen molar-refractivity contribution in [2.75, 3.05) is 12.8 Å². The number of hydrogen-bond acceptors (Lipinski definition) is 2. The first kappa shape index (κ1) is 18.4. The van der Waals surface area contributed by atoms with Gasteiger partial charge in [-0.05, 0) is 26.3 Å². The van der Waals surface area contributed by atoms with Gasteiger partial charge in [0.2, 0.25) is 0 Å². The summed E-state index contributed by atoms with van der Waals surface area (Å²) >= 11 is 2.24. The third kappa shape index (κ3) is 9.28. The second-order valence-corrected chi connectivity index (χ2v) is 7.82. The predicted octanol–water partition coefficient (Wildman–Crippen LogP) is 5.78. The Kier molecular flexibility index (Phi) is 11.9. The highest BCUT2D eigenvalue weighted by molar-refractivity contribution is 7.99. The van der Waals surface area contributed by atoms with Crippen molar-refractivity contribution >= 4 is 11.8 Å². The molecule has 1 saturated carbocycles. The summed E-state index contributed by atoms with van der Waals surface area (Å²) in [6, 6.07) is 0.748. The molecule has 1 unspecified atom stereocenters. The molecule has 0 aromatic heterocycles. The highest BCUT2D eigenvalue weighted by Gasteiger charge is 2.15. The van der Waals surface area contributed by atoms with Crippen LogP contribution in [0.15, 0.2) is 0 Å². The molecule has 120 valence electrons. The minimum Gasteiger partial charge on any atom is -0.316 e. The van der Waals surface area contributed by atoms with Crippen molar-refractivity contribution in [1.82, 2.24) is 5.32 Å². The van der Waals surface area contributed by atoms with E-state index in [0.29, 0.717) is 0 Å². The maximum atomic E-state index is 3.53. The Balaban J connectivity index is 1.95. The fourth-order valence-electron chi connectivity index (χ4n) is 3.14. The molecule has 2 heteroatoms. The zero-order valence-electron chi connectivity index (χ0n) is 14.0. The lowest BCUT2D eigenvalue weighted by molar-refractivity contribution is 0.502. The Labute approximate surface area is 132 Å². The van der Waals surface area contributed by atoms with E-state index in [1.165, 1.54) is 89.2 Å². The Hall–Kier alpha value is 0.310. The quantitative estimate of drug-likeness (QED) is 0.458. The Morgan fingerprint density at radius 2 is 1.60 bits per heavy atom. The van der Waals surface area contributed by atoms with Crippen molar-refractivity contribution in [3.8, 4) is 0 Å². The summed E-state index contributed by atoms with van der Waals surface area (Å²) in [5, 5.41) is 4.50. The molecule has 0 saturated heterocycles. The van der Waals surface area contributed by atoms with Crippen molar-refractivity contribution in [3.05, 3.63) is 0 Å². The van der Waals surface area contributed by atoms with Gasteiger partial charge in [0, 0.05) is 17.0 Å². The van der Waals surface area contributed by atoms with Crippen LogP contribution in [0, 0.1) is 0 Å². The summed E-state index contributed by atoms with van der Waals surface area (Å²) in [6.07, 6.45) is 18.7. The maximum Gasteiger partial charge on any atom is 0.0155 e. The molecule has 0 spiro atoms. The molecule has 1 aliphatic rings. The zero-order valence-corrected chi connectivity index (χ0v) is 14.8. The molecule has 0 aromatic carbocycles. The van der Waals surface area contributed by atoms with Crippen LogP contribution in [0.1, 0.15) is 90.4 Å². The lowest BCUT2D eigenvalue weighted by Gasteiger charge is -2.24. The van der Waals surface area contributed by atoms with E-state index in [4.69, 9.17) is 0 Å². The number of thioether (sulfide) groups is 1. The van der Waals surface area contributed by atoms with Gasteiger partial charge in [-0.15, -0.1) is 0 Å². The van der Waals surface area contributed by atoms with Gasteiger partial charge in [0.25, 0.3) is 0 Å². The van der Waals surface area contributed by atoms with Crippen LogP contribution in [-0.2, 0) is 0 Å². The van der Waals surface area contributed by atoms with E-state index in [2.05, 4.69) is 31.1 Å². The molecule has 1 N–H and O–H groups in total. The standard InChI is InChI=1S/C18H37NS/c1-3-4-5-6-7-8-10-13-17(19-2)16-20-18-14-11-9-12-15-18/h17-19H,3-16H2,1-2H3. The minimum absolute atomic E-state index is 0.748. The molecule has 0 radical (unpaired) electrons. The second kappa shape index (κ2) is 13.0. The molecule has 0 aromatic rings. The summed E-state index contributed by atoms with van der Waals surface area (Å²) in [5.41, 5.74) is 0. The number of rotatable bonds is 12. The van der Waals surface area contributed by atoms with Crippen LogP contribution in [0.5, 0.6) is 0 Å². The van der Waals surface area contributed by atoms with Crippen LogP contribution in [-0.4, -0.2) is 24.1 Å². The van der Waals surface area contributed by atoms with E-state index >= 15 is 0 Å². The Morgan fingerprint density at radius 3 is 2.25 bits per heavy atom. The van der Waals surface area contributed by atoms with E-state index < -0.39 is 0 Å². The van der Waals surface area contributed by atoms with Crippen molar-refractivity contribution in [2.24, 2.45) is 0 Å². The minimum atomic E-state index is 0.748. The predicted molar refractivity (Wildman–Crippen MR) is 94.8 cm³/mol. The van der Waals surface area contributed by atoms with Gasteiger partial charge in [-0.3, -0.25) is 0 Å². The third-order valence-electron chi connectivity index (χ3n) is 4.65. The van der Waals surface area contributed by atoms with Crippen LogP contribution in [0.2, 0.25) is 0 Å². The van der Waals surface area contributed by atoms with Crippen LogP contribution >= 0.6 is 11.8 Å². The van der Waals surface area contributed by atoms with Crippen molar-refractivity contribution in [1.29, 1.82) is 0 Å². The SMILES string of the molecule is CCCCCCCCCC(CSC1CCCCC1)NC. The molecule has 0 aliphatic heterocycles. The zero-order chi connectivity index (χ0) is 14.5. The average molecular weight is 300 g/mol. The van der Waals surface area contributed by atoms with E-state index in [-0.39, 0.29) is 0 Å². The molecule has 0 bridgehead atoms. The number of nitrogens with one attached hydrogen (secondary N) is 1. The van der Waals surface area contributed by atoms with E-state index in [1.807, 2.05) is 0 Å². The average Bonchev–Trinajstić information content (AvgIpc) is 2.50. The van der Waals surface area contributed by atoms with Gasteiger partial charge in [0.1, 0.15) is 0 Å². The van der Waals surface area contributed by atoms with Crippen molar-refractivity contribution in [2.45, 2.75) is 102 Å². The van der Waals surface area contributed by atoms with Crippen molar-refractivity contribution < 1.29 is 0 Å². The summed E-state index contributed by atoms with van der Waals surface area (Å²) in [7, 11) is 2.15. The van der Waals surface area contributed by atoms with Gasteiger partial charge in [-0.2, -0.15) is 11.8 Å². The van der Waals surface area contributed by atoms with Gasteiger partial charge in [0.05, 0.1) is 0 Å². The summed E-state index contributed by atoms with van der Waals surface area (Å²) < 4.78 is 0. The molecule has 20 heavy (non-hydrogen) atoms. The fourth-order valence-corrected chi connectivity index (χ4v) is 4.65. The van der Waals surface area contributed by atoms with Crippen molar-refractivity contribution in [3.63, 3.8) is 0 Å². The molecular formula is C18H37NS. The monoisotopic (exact) mass is 299 g/mol. The Bertz CT molecular complexity index is 202. The first-order valence-corrected chi connectivity index (χ1v) is 10.2. The Morgan fingerprint density at radius 1 is 0.950 bits per heavy atom. The number of unbranched alkanes of at least 4 members (excludes halogenated alkanes) is 6. The molecular weight excluding hydrogens is 262 g/mol. The lowest BCUT2D eigenvalue weighted by atomic mass is 10.0. The highest BCUT2D eigenvalue weighted by atomic mass is 32.2. The van der Waals surface area contributed by atoms with Gasteiger partial charge < -0.3 is 5.32 Å². The molecule has 1 fully saturated rings. The van der Waals surface area contributed by atoms with Gasteiger partial charge >= 0.3 is 0 Å². The van der Waals surface area contributed by atoms with Gasteiger partial charge in [-0.1, -0.05) is 71.1 Å². The first-order valence-electron chi connectivity index (χ1n) is 9.15. The van der Waals surface area contributed by atoms with Gasteiger partial charge in [-0.25, -0.2) is 0 Å². The largest absolute Gasteiger partial charge is 0.316 e. The summed E-state index contributed by atoms with van der Waals surface area (Å²) in [5.74, 6) is 1.33. The molecule has 1 rings (SSSR count). The lowest BCUT2D eigenvalue weighted by Crippen LogP contribution is -2.28. The van der Waals surface area contributed by atoms with Gasteiger partial charge in [0.15, 0.2) is 0 Å². The fraction of sp³-hybridized carbons (Fsp3) is 1.00. The van der Waals surface area contributed by atoms with E-state index in [1.54, 1.807) is 0 Å². The summed E-state index contributed by atoms with van der Waals surface area (Å²) in [4.78, 5) is 0. The third-order valence-corrected chi connectivity index (χ3v) is 6.19. The van der Waals surface area contributed by atoms with Crippen LogP contribution in [0.25, 0.3) is 0 Å². The smallest absolute Gasteiger partial charge is 0.0155 e. The van der Waals surface area contributed by atoms with E-state index in [0.717, 1.165) is 11.3 Å². The molecule has 1 nitrogen and oxygen atoms in total. The first-order chi connectivity index (χ1) is 9.86. The molecule has 0 heterocycles. The van der Waals surface area contributed by atoms with Crippen LogP contribution in [0.3, 0.4) is 0 Å². The second-order valence-electron chi connectivity index (χ2n) is 6.49. The molecule has 1 atom stereocenters. The van der Waals surface area contributed by atoms with Crippen LogP contribution in [0.4, 0.5) is 0 Å². The highest BCUT2D eigenvalue weighted by Crippen LogP contribution is 2.29. The molecule has 1 aliphatic carbocycles. The van der Waals surface area contributed by atoms with E-state index in [9.17, 15) is 0 Å². The van der Waals surface area contributed by atoms with Crippen LogP contribution < -0.4 is 5.32 Å². The molecule has 0 amide bonds. The maximum absolute atomic E-state index is 3.53. The number of hydrogen-bond donors (Lipinski definition) is 1. The topological polar surface area (TPSA) is 12.0 Å². The normalized spacial score (nSPS) is 18.3.